The topological polar surface area (TPSA) is 66.5 Å². The minimum Gasteiger partial charge on any atom is -0.351 e. The molecular formula is C13H22N2O3S2. The second-order valence-electron chi connectivity index (χ2n) is 5.22. The monoisotopic (exact) mass is 318 g/mol. The molecule has 5 nitrogen and oxygen atoms in total. The highest BCUT2D eigenvalue weighted by Gasteiger charge is 2.19. The summed E-state index contributed by atoms with van der Waals surface area (Å²) in [5.41, 5.74) is 0. The molecule has 114 valence electrons. The molecule has 0 aliphatic rings. The van der Waals surface area contributed by atoms with Crippen molar-refractivity contribution < 1.29 is 13.2 Å². The zero-order chi connectivity index (χ0) is 15.3. The Morgan fingerprint density at radius 1 is 1.35 bits per heavy atom. The number of amides is 1. The molecule has 0 aromatic carbocycles. The van der Waals surface area contributed by atoms with Crippen LogP contribution in [0.1, 0.15) is 31.6 Å². The van der Waals surface area contributed by atoms with Gasteiger partial charge in [-0.05, 0) is 24.5 Å². The summed E-state index contributed by atoms with van der Waals surface area (Å²) >= 11 is 1.19. The maximum absolute atomic E-state index is 11.9. The Kier molecular flexibility index (Phi) is 6.16. The number of carbonyl (C=O) groups excluding carboxylic acids is 1. The highest BCUT2D eigenvalue weighted by atomic mass is 32.2. The summed E-state index contributed by atoms with van der Waals surface area (Å²) in [5, 5.41) is 2.81. The van der Waals surface area contributed by atoms with E-state index in [4.69, 9.17) is 0 Å². The predicted molar refractivity (Wildman–Crippen MR) is 81.1 cm³/mol. The normalized spacial score (nSPS) is 12.1. The van der Waals surface area contributed by atoms with E-state index < -0.39 is 10.0 Å². The molecule has 1 aromatic heterocycles. The first-order valence-corrected chi connectivity index (χ1v) is 8.77. The van der Waals surface area contributed by atoms with Crippen LogP contribution < -0.4 is 5.32 Å². The van der Waals surface area contributed by atoms with Gasteiger partial charge in [0.25, 0.3) is 10.0 Å². The van der Waals surface area contributed by atoms with Crippen molar-refractivity contribution in [2.75, 3.05) is 14.1 Å². The average Bonchev–Trinajstić information content (AvgIpc) is 2.83. The summed E-state index contributed by atoms with van der Waals surface area (Å²) in [7, 11) is -0.372. The van der Waals surface area contributed by atoms with Gasteiger partial charge in [0.05, 0.1) is 6.54 Å². The molecule has 0 bridgehead atoms. The third-order valence-corrected chi connectivity index (χ3v) is 6.15. The highest BCUT2D eigenvalue weighted by Crippen LogP contribution is 2.23. The van der Waals surface area contributed by atoms with Crippen LogP contribution in [0, 0.1) is 5.92 Å². The molecule has 1 N–H and O–H groups in total. The van der Waals surface area contributed by atoms with Crippen LogP contribution in [0.3, 0.4) is 0 Å². The fourth-order valence-electron chi connectivity index (χ4n) is 1.47. The predicted octanol–water partition coefficient (Wildman–Crippen LogP) is 2.05. The fraction of sp³-hybridized carbons (Fsp3) is 0.615. The molecule has 1 heterocycles. The second kappa shape index (κ2) is 7.19. The number of rotatable bonds is 7. The number of nitrogens with zero attached hydrogens (tertiary/aromatic N) is 1. The van der Waals surface area contributed by atoms with Gasteiger partial charge in [0.1, 0.15) is 4.21 Å². The van der Waals surface area contributed by atoms with Crippen LogP contribution in [-0.4, -0.2) is 32.7 Å². The van der Waals surface area contributed by atoms with Gasteiger partial charge in [0.15, 0.2) is 0 Å². The van der Waals surface area contributed by atoms with Gasteiger partial charge >= 0.3 is 0 Å². The Balaban J connectivity index is 2.55. The van der Waals surface area contributed by atoms with E-state index in [-0.39, 0.29) is 5.91 Å². The Morgan fingerprint density at radius 3 is 2.55 bits per heavy atom. The molecule has 1 amide bonds. The quantitative estimate of drug-likeness (QED) is 0.837. The van der Waals surface area contributed by atoms with E-state index in [1.807, 2.05) is 0 Å². The van der Waals surface area contributed by atoms with Gasteiger partial charge in [-0.3, -0.25) is 4.79 Å². The summed E-state index contributed by atoms with van der Waals surface area (Å²) in [6.45, 7) is 4.53. The van der Waals surface area contributed by atoms with Crippen LogP contribution in [-0.2, 0) is 21.4 Å². The van der Waals surface area contributed by atoms with Gasteiger partial charge in [-0.25, -0.2) is 12.7 Å². The molecule has 7 heteroatoms. The molecule has 0 spiro atoms. The lowest BCUT2D eigenvalue weighted by Gasteiger charge is -2.08. The van der Waals surface area contributed by atoms with Crippen molar-refractivity contribution in [3.8, 4) is 0 Å². The van der Waals surface area contributed by atoms with Gasteiger partial charge in [-0.2, -0.15) is 0 Å². The van der Waals surface area contributed by atoms with Gasteiger partial charge in [0.2, 0.25) is 5.91 Å². The Labute approximate surface area is 125 Å². The van der Waals surface area contributed by atoms with Gasteiger partial charge in [-0.15, -0.1) is 11.3 Å². The van der Waals surface area contributed by atoms with Crippen LogP contribution in [0.15, 0.2) is 16.3 Å². The summed E-state index contributed by atoms with van der Waals surface area (Å²) in [4.78, 5) is 12.4. The number of nitrogens with one attached hydrogen (secondary N) is 1. The lowest BCUT2D eigenvalue weighted by molar-refractivity contribution is -0.121. The van der Waals surface area contributed by atoms with Crippen molar-refractivity contribution in [2.24, 2.45) is 5.92 Å². The molecule has 0 saturated carbocycles. The van der Waals surface area contributed by atoms with E-state index in [2.05, 4.69) is 19.2 Å². The Bertz CT molecular complexity index is 548. The Hall–Kier alpha value is -0.920. The van der Waals surface area contributed by atoms with E-state index in [9.17, 15) is 13.2 Å². The lowest BCUT2D eigenvalue weighted by Crippen LogP contribution is -2.22. The maximum Gasteiger partial charge on any atom is 0.252 e. The SMILES string of the molecule is CC(C)CCC(=O)NCc1ccc(S(=O)(=O)N(C)C)s1. The fourth-order valence-corrected chi connectivity index (χ4v) is 3.93. The third kappa shape index (κ3) is 4.88. The molecule has 0 radical (unpaired) electrons. The number of carbonyl (C=O) groups is 1. The first-order chi connectivity index (χ1) is 9.23. The first kappa shape index (κ1) is 17.1. The van der Waals surface area contributed by atoms with Crippen LogP contribution in [0.2, 0.25) is 0 Å². The van der Waals surface area contributed by atoms with E-state index >= 15 is 0 Å². The zero-order valence-corrected chi connectivity index (χ0v) is 14.0. The second-order valence-corrected chi connectivity index (χ2v) is 8.76. The number of hydrogen-bond donors (Lipinski definition) is 1. The molecule has 1 aromatic rings. The average molecular weight is 318 g/mol. The molecule has 0 aliphatic heterocycles. The molecule has 0 fully saturated rings. The molecule has 1 rings (SSSR count). The van der Waals surface area contributed by atoms with Crippen LogP contribution in [0.4, 0.5) is 0 Å². The van der Waals surface area contributed by atoms with Crippen LogP contribution >= 0.6 is 11.3 Å². The lowest BCUT2D eigenvalue weighted by atomic mass is 10.1. The minimum atomic E-state index is -3.38. The molecule has 20 heavy (non-hydrogen) atoms. The molecule has 0 atom stereocenters. The summed E-state index contributed by atoms with van der Waals surface area (Å²) < 4.78 is 25.3. The number of thiophene rings is 1. The summed E-state index contributed by atoms with van der Waals surface area (Å²) in [5.74, 6) is 0.503. The summed E-state index contributed by atoms with van der Waals surface area (Å²) in [6, 6.07) is 3.32. The van der Waals surface area contributed by atoms with Crippen molar-refractivity contribution in [1.29, 1.82) is 0 Å². The number of hydrogen-bond acceptors (Lipinski definition) is 4. The van der Waals surface area contributed by atoms with Crippen LogP contribution in [0.5, 0.6) is 0 Å². The standard InChI is InChI=1S/C13H22N2O3S2/c1-10(2)5-7-12(16)14-9-11-6-8-13(19-11)20(17,18)15(3)4/h6,8,10H,5,7,9H2,1-4H3,(H,14,16). The Morgan fingerprint density at radius 2 is 2.00 bits per heavy atom. The zero-order valence-electron chi connectivity index (χ0n) is 12.3. The van der Waals surface area contributed by atoms with E-state index in [0.29, 0.717) is 23.1 Å². The highest BCUT2D eigenvalue weighted by molar-refractivity contribution is 7.91. The smallest absolute Gasteiger partial charge is 0.252 e. The van der Waals surface area contributed by atoms with Gasteiger partial charge < -0.3 is 5.32 Å². The van der Waals surface area contributed by atoms with Crippen molar-refractivity contribution in [3.05, 3.63) is 17.0 Å². The van der Waals surface area contributed by atoms with Crippen molar-refractivity contribution >= 4 is 27.3 Å². The van der Waals surface area contributed by atoms with E-state index in [1.165, 1.54) is 29.7 Å². The number of sulfonamides is 1. The van der Waals surface area contributed by atoms with Crippen molar-refractivity contribution in [2.45, 2.75) is 37.4 Å². The minimum absolute atomic E-state index is 0.00381. The van der Waals surface area contributed by atoms with Gasteiger partial charge in [0, 0.05) is 25.4 Å². The van der Waals surface area contributed by atoms with E-state index in [1.54, 1.807) is 12.1 Å². The summed E-state index contributed by atoms with van der Waals surface area (Å²) in [6.07, 6.45) is 1.36. The van der Waals surface area contributed by atoms with Gasteiger partial charge in [-0.1, -0.05) is 13.8 Å². The third-order valence-electron chi connectivity index (χ3n) is 2.78. The van der Waals surface area contributed by atoms with Crippen LogP contribution in [0.25, 0.3) is 0 Å². The largest absolute Gasteiger partial charge is 0.351 e. The van der Waals surface area contributed by atoms with Crippen molar-refractivity contribution in [3.63, 3.8) is 0 Å². The first-order valence-electron chi connectivity index (χ1n) is 6.51. The molecule has 0 unspecified atom stereocenters. The molecule has 0 saturated heterocycles. The van der Waals surface area contributed by atoms with E-state index in [0.717, 1.165) is 11.3 Å². The van der Waals surface area contributed by atoms with Crippen molar-refractivity contribution in [1.82, 2.24) is 9.62 Å². The molecular weight excluding hydrogens is 296 g/mol. The maximum atomic E-state index is 11.9. The molecule has 0 aliphatic carbocycles.